The Kier molecular flexibility index (Phi) is 2.04. The molecule has 1 saturated heterocycles. The van der Waals surface area contributed by atoms with Crippen LogP contribution in [0.15, 0.2) is 30.3 Å². The van der Waals surface area contributed by atoms with Gasteiger partial charge in [0.15, 0.2) is 0 Å². The zero-order valence-corrected chi connectivity index (χ0v) is 7.13. The normalized spacial score (nSPS) is 26.2. The third-order valence-electron chi connectivity index (χ3n) is 2.42. The molecule has 0 aliphatic carbocycles. The Hall–Kier alpha value is -0.960. The maximum Gasteiger partial charge on any atom is 0.268 e. The molecule has 0 spiro atoms. The first-order valence-corrected chi connectivity index (χ1v) is 4.33. The van der Waals surface area contributed by atoms with Crippen molar-refractivity contribution in [3.8, 4) is 0 Å². The van der Waals surface area contributed by atoms with E-state index in [9.17, 15) is 8.78 Å². The van der Waals surface area contributed by atoms with Gasteiger partial charge in [-0.25, -0.2) is 8.78 Å². The van der Waals surface area contributed by atoms with Crippen LogP contribution in [0.3, 0.4) is 0 Å². The average Bonchev–Trinajstić information content (AvgIpc) is 2.47. The van der Waals surface area contributed by atoms with Crippen molar-refractivity contribution in [2.75, 3.05) is 13.1 Å². The van der Waals surface area contributed by atoms with E-state index in [4.69, 9.17) is 0 Å². The third kappa shape index (κ3) is 1.56. The van der Waals surface area contributed by atoms with Gasteiger partial charge in [-0.2, -0.15) is 0 Å². The lowest BCUT2D eigenvalue weighted by molar-refractivity contribution is 0.00577. The van der Waals surface area contributed by atoms with Gasteiger partial charge in [-0.15, -0.1) is 0 Å². The molecule has 3 heteroatoms. The van der Waals surface area contributed by atoms with Crippen LogP contribution in [-0.2, 0) is 0 Å². The fourth-order valence-corrected chi connectivity index (χ4v) is 1.70. The largest absolute Gasteiger partial charge is 0.310 e. The van der Waals surface area contributed by atoms with Crippen LogP contribution >= 0.6 is 0 Å². The smallest absolute Gasteiger partial charge is 0.268 e. The van der Waals surface area contributed by atoms with Crippen LogP contribution in [0.25, 0.3) is 0 Å². The van der Waals surface area contributed by atoms with Gasteiger partial charge in [0.1, 0.15) is 0 Å². The first kappa shape index (κ1) is 8.63. The van der Waals surface area contributed by atoms with Crippen LogP contribution < -0.4 is 5.32 Å². The molecule has 0 unspecified atom stereocenters. The predicted molar refractivity (Wildman–Crippen MR) is 47.0 cm³/mol. The maximum absolute atomic E-state index is 13.2. The molecule has 0 amide bonds. The molecule has 0 saturated carbocycles. The van der Waals surface area contributed by atoms with Crippen LogP contribution in [0.2, 0.25) is 0 Å². The Balaban J connectivity index is 2.27. The summed E-state index contributed by atoms with van der Waals surface area (Å²) in [5, 5.41) is 2.71. The lowest BCUT2D eigenvalue weighted by atomic mass is 9.96. The molecule has 1 heterocycles. The number of halogens is 2. The molecule has 1 N–H and O–H groups in total. The summed E-state index contributed by atoms with van der Waals surface area (Å²) in [6.07, 6.45) is 0. The summed E-state index contributed by atoms with van der Waals surface area (Å²) in [5.74, 6) is -3.25. The van der Waals surface area contributed by atoms with Crippen LogP contribution in [0.1, 0.15) is 11.5 Å². The minimum absolute atomic E-state index is 0.202. The minimum atomic E-state index is -2.60. The van der Waals surface area contributed by atoms with E-state index < -0.39 is 11.8 Å². The highest BCUT2D eigenvalue weighted by Gasteiger charge is 2.44. The third-order valence-corrected chi connectivity index (χ3v) is 2.42. The first-order valence-electron chi connectivity index (χ1n) is 4.33. The molecular weight excluding hydrogens is 172 g/mol. The van der Waals surface area contributed by atoms with E-state index in [0.29, 0.717) is 6.54 Å². The molecule has 1 atom stereocenters. The number of benzene rings is 1. The fourth-order valence-electron chi connectivity index (χ4n) is 1.70. The summed E-state index contributed by atoms with van der Waals surface area (Å²) in [6, 6.07) is 8.94. The lowest BCUT2D eigenvalue weighted by Crippen LogP contribution is -2.25. The van der Waals surface area contributed by atoms with E-state index >= 15 is 0 Å². The molecule has 1 fully saturated rings. The summed E-state index contributed by atoms with van der Waals surface area (Å²) in [7, 11) is 0. The van der Waals surface area contributed by atoms with Gasteiger partial charge in [-0.3, -0.25) is 0 Å². The number of nitrogens with one attached hydrogen (secondary N) is 1. The van der Waals surface area contributed by atoms with Gasteiger partial charge >= 0.3 is 0 Å². The summed E-state index contributed by atoms with van der Waals surface area (Å²) in [4.78, 5) is 0. The zero-order chi connectivity index (χ0) is 9.31. The topological polar surface area (TPSA) is 12.0 Å². The van der Waals surface area contributed by atoms with Gasteiger partial charge in [0.25, 0.3) is 5.92 Å². The van der Waals surface area contributed by atoms with Gasteiger partial charge in [0, 0.05) is 6.54 Å². The standard InChI is InChI=1S/C10H11F2N/c11-10(12)7-13-6-9(10)8-4-2-1-3-5-8/h1-5,9,13H,6-7H2/t9-/m0/s1. The summed E-state index contributed by atoms with van der Waals surface area (Å²) < 4.78 is 26.5. The van der Waals surface area contributed by atoms with Crippen molar-refractivity contribution in [1.82, 2.24) is 5.32 Å². The highest BCUT2D eigenvalue weighted by atomic mass is 19.3. The Labute approximate surface area is 75.8 Å². The van der Waals surface area contributed by atoms with E-state index in [-0.39, 0.29) is 6.54 Å². The van der Waals surface area contributed by atoms with Gasteiger partial charge in [0.2, 0.25) is 0 Å². The molecule has 0 radical (unpaired) electrons. The van der Waals surface area contributed by atoms with E-state index in [1.807, 2.05) is 6.07 Å². The van der Waals surface area contributed by atoms with Crippen LogP contribution in [-0.4, -0.2) is 19.0 Å². The molecular formula is C10H11F2N. The molecule has 2 rings (SSSR count). The second kappa shape index (κ2) is 3.07. The van der Waals surface area contributed by atoms with Gasteiger partial charge in [-0.1, -0.05) is 30.3 Å². The summed E-state index contributed by atoms with van der Waals surface area (Å²) in [6.45, 7) is 0.170. The Morgan fingerprint density at radius 2 is 1.92 bits per heavy atom. The average molecular weight is 183 g/mol. The number of hydrogen-bond donors (Lipinski definition) is 1. The molecule has 1 aromatic rings. The van der Waals surface area contributed by atoms with Crippen LogP contribution in [0, 0.1) is 0 Å². The van der Waals surface area contributed by atoms with Gasteiger partial charge in [0.05, 0.1) is 12.5 Å². The predicted octanol–water partition coefficient (Wildman–Crippen LogP) is 2.01. The molecule has 70 valence electrons. The van der Waals surface area contributed by atoms with Gasteiger partial charge < -0.3 is 5.32 Å². The zero-order valence-electron chi connectivity index (χ0n) is 7.13. The Morgan fingerprint density at radius 1 is 1.23 bits per heavy atom. The molecule has 0 bridgehead atoms. The van der Waals surface area contributed by atoms with Crippen molar-refractivity contribution in [3.63, 3.8) is 0 Å². The highest BCUT2D eigenvalue weighted by Crippen LogP contribution is 2.35. The van der Waals surface area contributed by atoms with Crippen molar-refractivity contribution in [3.05, 3.63) is 35.9 Å². The van der Waals surface area contributed by atoms with Crippen molar-refractivity contribution in [2.45, 2.75) is 11.8 Å². The van der Waals surface area contributed by atoms with Crippen LogP contribution in [0.4, 0.5) is 8.78 Å². The van der Waals surface area contributed by atoms with Crippen molar-refractivity contribution < 1.29 is 8.78 Å². The molecule has 1 aliphatic heterocycles. The molecule has 1 nitrogen and oxygen atoms in total. The first-order chi connectivity index (χ1) is 6.20. The molecule has 1 aromatic carbocycles. The Morgan fingerprint density at radius 3 is 2.46 bits per heavy atom. The number of rotatable bonds is 1. The van der Waals surface area contributed by atoms with Crippen LogP contribution in [0.5, 0.6) is 0 Å². The minimum Gasteiger partial charge on any atom is -0.310 e. The van der Waals surface area contributed by atoms with Gasteiger partial charge in [-0.05, 0) is 5.56 Å². The summed E-state index contributed by atoms with van der Waals surface area (Å²) >= 11 is 0. The van der Waals surface area contributed by atoms with E-state index in [1.54, 1.807) is 24.3 Å². The number of alkyl halides is 2. The number of hydrogen-bond acceptors (Lipinski definition) is 1. The van der Waals surface area contributed by atoms with Crippen molar-refractivity contribution in [2.24, 2.45) is 0 Å². The Bertz CT molecular complexity index is 284. The molecule has 0 aromatic heterocycles. The molecule has 1 aliphatic rings. The molecule has 13 heavy (non-hydrogen) atoms. The fraction of sp³-hybridized carbons (Fsp3) is 0.400. The second-order valence-corrected chi connectivity index (χ2v) is 3.36. The monoisotopic (exact) mass is 183 g/mol. The van der Waals surface area contributed by atoms with Crippen molar-refractivity contribution >= 4 is 0 Å². The maximum atomic E-state index is 13.2. The van der Waals surface area contributed by atoms with Crippen molar-refractivity contribution in [1.29, 1.82) is 0 Å². The van der Waals surface area contributed by atoms with E-state index in [0.717, 1.165) is 5.56 Å². The quantitative estimate of drug-likeness (QED) is 0.702. The summed E-state index contributed by atoms with van der Waals surface area (Å²) in [5.41, 5.74) is 0.720. The highest BCUT2D eigenvalue weighted by molar-refractivity contribution is 5.24. The van der Waals surface area contributed by atoms with E-state index in [1.165, 1.54) is 0 Å². The lowest BCUT2D eigenvalue weighted by Gasteiger charge is -2.17. The second-order valence-electron chi connectivity index (χ2n) is 3.36. The SMILES string of the molecule is FC1(F)CNC[C@H]1c1ccccc1. The van der Waals surface area contributed by atoms with E-state index in [2.05, 4.69) is 5.32 Å².